The summed E-state index contributed by atoms with van der Waals surface area (Å²) in [5.74, 6) is 0.818. The molecule has 1 N–H and O–H groups in total. The molecule has 0 bridgehead atoms. The van der Waals surface area contributed by atoms with Crippen LogP contribution in [0.3, 0.4) is 0 Å². The van der Waals surface area contributed by atoms with E-state index in [1.54, 1.807) is 6.07 Å². The van der Waals surface area contributed by atoms with Gasteiger partial charge in [0.05, 0.1) is 26.2 Å². The van der Waals surface area contributed by atoms with Crippen LogP contribution in [0.15, 0.2) is 42.5 Å². The highest BCUT2D eigenvalue weighted by molar-refractivity contribution is 6.04. The van der Waals surface area contributed by atoms with Crippen molar-refractivity contribution in [3.63, 3.8) is 0 Å². The summed E-state index contributed by atoms with van der Waals surface area (Å²) in [4.78, 5) is 26.6. The summed E-state index contributed by atoms with van der Waals surface area (Å²) < 4.78 is 10.7. The van der Waals surface area contributed by atoms with Gasteiger partial charge in [-0.1, -0.05) is 12.1 Å². The van der Waals surface area contributed by atoms with Crippen molar-refractivity contribution in [3.05, 3.63) is 59.2 Å². The molecular weight excluding hydrogens is 344 g/mol. The number of hydrogen-bond donors (Lipinski definition) is 1. The first-order chi connectivity index (χ1) is 13.2. The van der Waals surface area contributed by atoms with Crippen LogP contribution in [0.5, 0.6) is 5.75 Å². The minimum Gasteiger partial charge on any atom is -0.493 e. The Bertz CT molecular complexity index is 842. The molecule has 0 spiro atoms. The van der Waals surface area contributed by atoms with Crippen molar-refractivity contribution in [2.75, 3.05) is 38.2 Å². The van der Waals surface area contributed by atoms with Crippen LogP contribution in [0.4, 0.5) is 5.69 Å². The molecule has 0 saturated carbocycles. The van der Waals surface area contributed by atoms with Gasteiger partial charge in [-0.25, -0.2) is 0 Å². The highest BCUT2D eigenvalue weighted by Crippen LogP contribution is 2.26. The number of nitrogens with one attached hydrogen (secondary N) is 1. The number of benzene rings is 2. The number of ether oxygens (including phenoxy) is 2. The summed E-state index contributed by atoms with van der Waals surface area (Å²) in [5.41, 5.74) is 3.32. The molecule has 2 aliphatic heterocycles. The second-order valence-corrected chi connectivity index (χ2v) is 6.74. The number of anilines is 1. The monoisotopic (exact) mass is 366 g/mol. The Morgan fingerprint density at radius 1 is 1.00 bits per heavy atom. The normalized spacial score (nSPS) is 15.8. The standard InChI is InChI=1S/C21H22N2O4/c24-20(23-8-11-26-12-9-23)13-15-1-4-18(5-2-15)22-21(25)17-3-6-19-16(14-17)7-10-27-19/h1-6,14H,7-13H2,(H,22,25). The van der Waals surface area contributed by atoms with E-state index in [4.69, 9.17) is 9.47 Å². The van der Waals surface area contributed by atoms with Gasteiger partial charge in [0.1, 0.15) is 5.75 Å². The van der Waals surface area contributed by atoms with E-state index in [1.165, 1.54) is 0 Å². The van der Waals surface area contributed by atoms with Crippen LogP contribution in [-0.4, -0.2) is 49.6 Å². The largest absolute Gasteiger partial charge is 0.493 e. The first-order valence-corrected chi connectivity index (χ1v) is 9.20. The lowest BCUT2D eigenvalue weighted by Gasteiger charge is -2.26. The molecule has 0 unspecified atom stereocenters. The van der Waals surface area contributed by atoms with Crippen molar-refractivity contribution >= 4 is 17.5 Å². The van der Waals surface area contributed by atoms with E-state index in [0.29, 0.717) is 50.6 Å². The minimum atomic E-state index is -0.151. The number of carbonyl (C=O) groups is 2. The second-order valence-electron chi connectivity index (χ2n) is 6.74. The van der Waals surface area contributed by atoms with Crippen LogP contribution >= 0.6 is 0 Å². The smallest absolute Gasteiger partial charge is 0.255 e. The van der Waals surface area contributed by atoms with E-state index in [2.05, 4.69) is 5.32 Å². The first kappa shape index (κ1) is 17.5. The summed E-state index contributed by atoms with van der Waals surface area (Å²) >= 11 is 0. The Hall–Kier alpha value is -2.86. The number of nitrogens with zero attached hydrogens (tertiary/aromatic N) is 1. The van der Waals surface area contributed by atoms with Crippen LogP contribution in [0.1, 0.15) is 21.5 Å². The zero-order valence-electron chi connectivity index (χ0n) is 15.1. The summed E-state index contributed by atoms with van der Waals surface area (Å²) in [6.45, 7) is 3.18. The van der Waals surface area contributed by atoms with Crippen LogP contribution in [0.2, 0.25) is 0 Å². The van der Waals surface area contributed by atoms with Crippen molar-refractivity contribution in [3.8, 4) is 5.75 Å². The van der Waals surface area contributed by atoms with Gasteiger partial charge < -0.3 is 19.7 Å². The molecule has 140 valence electrons. The molecule has 0 aliphatic carbocycles. The van der Waals surface area contributed by atoms with E-state index in [1.807, 2.05) is 41.3 Å². The second kappa shape index (κ2) is 7.80. The fourth-order valence-electron chi connectivity index (χ4n) is 3.34. The van der Waals surface area contributed by atoms with Crippen molar-refractivity contribution in [1.29, 1.82) is 0 Å². The SMILES string of the molecule is O=C(Nc1ccc(CC(=O)N2CCOCC2)cc1)c1ccc2c(c1)CCO2. The molecule has 0 radical (unpaired) electrons. The van der Waals surface area contributed by atoms with Gasteiger partial charge in [0, 0.05) is 30.8 Å². The molecular formula is C21H22N2O4. The number of hydrogen-bond acceptors (Lipinski definition) is 4. The summed E-state index contributed by atoms with van der Waals surface area (Å²) in [5, 5.41) is 2.90. The molecule has 1 saturated heterocycles. The van der Waals surface area contributed by atoms with E-state index < -0.39 is 0 Å². The minimum absolute atomic E-state index is 0.107. The highest BCUT2D eigenvalue weighted by atomic mass is 16.5. The van der Waals surface area contributed by atoms with E-state index >= 15 is 0 Å². The van der Waals surface area contributed by atoms with Crippen molar-refractivity contribution in [2.45, 2.75) is 12.8 Å². The molecule has 1 fully saturated rings. The predicted octanol–water partition coefficient (Wildman–Crippen LogP) is 2.28. The number of amides is 2. The Morgan fingerprint density at radius 2 is 1.78 bits per heavy atom. The van der Waals surface area contributed by atoms with Crippen molar-refractivity contribution < 1.29 is 19.1 Å². The molecule has 6 nitrogen and oxygen atoms in total. The molecule has 2 aromatic carbocycles. The predicted molar refractivity (Wildman–Crippen MR) is 101 cm³/mol. The maximum Gasteiger partial charge on any atom is 0.255 e. The molecule has 6 heteroatoms. The first-order valence-electron chi connectivity index (χ1n) is 9.20. The topological polar surface area (TPSA) is 67.9 Å². The van der Waals surface area contributed by atoms with E-state index in [-0.39, 0.29) is 11.8 Å². The third-order valence-electron chi connectivity index (χ3n) is 4.88. The van der Waals surface area contributed by atoms with Gasteiger partial charge in [0.2, 0.25) is 5.91 Å². The quantitative estimate of drug-likeness (QED) is 0.901. The highest BCUT2D eigenvalue weighted by Gasteiger charge is 2.17. The molecule has 4 rings (SSSR count). The van der Waals surface area contributed by atoms with Gasteiger partial charge in [-0.3, -0.25) is 9.59 Å². The van der Waals surface area contributed by atoms with Crippen LogP contribution < -0.4 is 10.1 Å². The zero-order valence-corrected chi connectivity index (χ0v) is 15.1. The molecule has 2 aliphatic rings. The van der Waals surface area contributed by atoms with Gasteiger partial charge in [0.25, 0.3) is 5.91 Å². The Morgan fingerprint density at radius 3 is 2.56 bits per heavy atom. The Balaban J connectivity index is 1.36. The molecule has 2 amide bonds. The fourth-order valence-corrected chi connectivity index (χ4v) is 3.34. The van der Waals surface area contributed by atoms with Crippen LogP contribution in [0.25, 0.3) is 0 Å². The van der Waals surface area contributed by atoms with E-state index in [9.17, 15) is 9.59 Å². The van der Waals surface area contributed by atoms with Crippen molar-refractivity contribution in [2.24, 2.45) is 0 Å². The maximum atomic E-state index is 12.5. The molecule has 2 heterocycles. The number of fused-ring (bicyclic) bond motifs is 1. The average Bonchev–Trinajstić information content (AvgIpc) is 3.18. The fraction of sp³-hybridized carbons (Fsp3) is 0.333. The van der Waals surface area contributed by atoms with Gasteiger partial charge in [-0.2, -0.15) is 0 Å². The lowest BCUT2D eigenvalue weighted by molar-refractivity contribution is -0.134. The number of rotatable bonds is 4. The maximum absolute atomic E-state index is 12.5. The van der Waals surface area contributed by atoms with Gasteiger partial charge in [0.15, 0.2) is 0 Å². The molecule has 0 atom stereocenters. The van der Waals surface area contributed by atoms with Gasteiger partial charge >= 0.3 is 0 Å². The third-order valence-corrected chi connectivity index (χ3v) is 4.88. The lowest BCUT2D eigenvalue weighted by Crippen LogP contribution is -2.41. The number of carbonyl (C=O) groups excluding carboxylic acids is 2. The van der Waals surface area contributed by atoms with Crippen molar-refractivity contribution in [1.82, 2.24) is 4.90 Å². The molecule has 0 aromatic heterocycles. The summed E-state index contributed by atoms with van der Waals surface area (Å²) in [6, 6.07) is 12.9. The lowest BCUT2D eigenvalue weighted by atomic mass is 10.1. The molecule has 2 aromatic rings. The third kappa shape index (κ3) is 4.11. The average molecular weight is 366 g/mol. The van der Waals surface area contributed by atoms with E-state index in [0.717, 1.165) is 23.3 Å². The van der Waals surface area contributed by atoms with Gasteiger partial charge in [-0.15, -0.1) is 0 Å². The van der Waals surface area contributed by atoms with Crippen LogP contribution in [-0.2, 0) is 22.4 Å². The summed E-state index contributed by atoms with van der Waals surface area (Å²) in [7, 11) is 0. The van der Waals surface area contributed by atoms with Crippen LogP contribution in [0, 0.1) is 0 Å². The van der Waals surface area contributed by atoms with Gasteiger partial charge in [-0.05, 0) is 41.5 Å². The molecule has 27 heavy (non-hydrogen) atoms. The Kier molecular flexibility index (Phi) is 5.07. The zero-order chi connectivity index (χ0) is 18.6. The summed E-state index contributed by atoms with van der Waals surface area (Å²) in [6.07, 6.45) is 1.20. The Labute approximate surface area is 158 Å². The number of morpholine rings is 1.